The number of oxime groups is 1. The molecular weight excluding hydrogens is 532 g/mol. The largest absolute Gasteiger partial charge is 0.437 e. The van der Waals surface area contributed by atoms with E-state index in [1.165, 1.54) is 0 Å². The summed E-state index contributed by atoms with van der Waals surface area (Å²) in [4.78, 5) is 29.1. The highest BCUT2D eigenvalue weighted by atomic mass is 79.9. The molecule has 1 aliphatic carbocycles. The molecule has 0 radical (unpaired) electrons. The summed E-state index contributed by atoms with van der Waals surface area (Å²) >= 11 is 10.3. The highest BCUT2D eigenvalue weighted by molar-refractivity contribution is 9.13. The van der Waals surface area contributed by atoms with E-state index in [0.29, 0.717) is 11.4 Å². The minimum absolute atomic E-state index is 0.0549. The summed E-state index contributed by atoms with van der Waals surface area (Å²) in [6, 6.07) is 5.54. The van der Waals surface area contributed by atoms with Crippen LogP contribution in [0.2, 0.25) is 0 Å². The molecule has 0 fully saturated rings. The van der Waals surface area contributed by atoms with Crippen molar-refractivity contribution in [2.24, 2.45) is 11.1 Å². The van der Waals surface area contributed by atoms with Crippen molar-refractivity contribution >= 4 is 71.1 Å². The predicted molar refractivity (Wildman–Crippen MR) is 114 cm³/mol. The van der Waals surface area contributed by atoms with E-state index in [1.54, 1.807) is 19.1 Å². The maximum absolute atomic E-state index is 12.3. The van der Waals surface area contributed by atoms with Crippen LogP contribution in [0.15, 0.2) is 39.5 Å². The SMILES string of the molecule is Cc1ccc(NC(=O)ON=C2C(C(C)C)=CC(=O)C(C)(Br)C2Br)c(Br)c1. The second-order valence-electron chi connectivity index (χ2n) is 6.52. The topological polar surface area (TPSA) is 67.8 Å². The van der Waals surface area contributed by atoms with Crippen molar-refractivity contribution in [3.8, 4) is 0 Å². The Morgan fingerprint density at radius 3 is 2.62 bits per heavy atom. The summed E-state index contributed by atoms with van der Waals surface area (Å²) in [6.07, 6.45) is 0.839. The highest BCUT2D eigenvalue weighted by Crippen LogP contribution is 2.38. The zero-order valence-corrected chi connectivity index (χ0v) is 19.5. The number of anilines is 1. The Morgan fingerprint density at radius 2 is 2.04 bits per heavy atom. The van der Waals surface area contributed by atoms with E-state index in [0.717, 1.165) is 15.6 Å². The molecule has 8 heteroatoms. The van der Waals surface area contributed by atoms with Crippen LogP contribution in [0.5, 0.6) is 0 Å². The van der Waals surface area contributed by atoms with Crippen molar-refractivity contribution in [3.05, 3.63) is 39.9 Å². The van der Waals surface area contributed by atoms with Crippen LogP contribution in [0.25, 0.3) is 0 Å². The van der Waals surface area contributed by atoms with Gasteiger partial charge >= 0.3 is 6.09 Å². The average Bonchev–Trinajstić information content (AvgIpc) is 2.54. The molecule has 1 N–H and O–H groups in total. The van der Waals surface area contributed by atoms with Gasteiger partial charge in [-0.2, -0.15) is 0 Å². The predicted octanol–water partition coefficient (Wildman–Crippen LogP) is 5.74. The number of allylic oxidation sites excluding steroid dienone is 2. The number of hydrogen-bond acceptors (Lipinski definition) is 4. The first-order valence-electron chi connectivity index (χ1n) is 7.95. The van der Waals surface area contributed by atoms with Crippen LogP contribution < -0.4 is 5.32 Å². The summed E-state index contributed by atoms with van der Waals surface area (Å²) in [5.41, 5.74) is 2.89. The molecule has 0 bridgehead atoms. The molecule has 26 heavy (non-hydrogen) atoms. The van der Waals surface area contributed by atoms with Crippen LogP contribution in [0.1, 0.15) is 26.3 Å². The van der Waals surface area contributed by atoms with Crippen LogP contribution >= 0.6 is 47.8 Å². The third-order valence-corrected chi connectivity index (χ3v) is 7.46. The number of nitrogens with one attached hydrogen (secondary N) is 1. The Labute approximate surface area is 178 Å². The van der Waals surface area contributed by atoms with E-state index in [9.17, 15) is 9.59 Å². The fourth-order valence-electron chi connectivity index (χ4n) is 2.39. The van der Waals surface area contributed by atoms with Crippen molar-refractivity contribution in [1.29, 1.82) is 0 Å². The minimum atomic E-state index is -0.857. The number of carbonyl (C=O) groups is 2. The van der Waals surface area contributed by atoms with E-state index in [1.807, 2.05) is 32.9 Å². The lowest BCUT2D eigenvalue weighted by atomic mass is 9.83. The van der Waals surface area contributed by atoms with Gasteiger partial charge in [0.2, 0.25) is 0 Å². The normalized spacial score (nSPS) is 24.6. The summed E-state index contributed by atoms with van der Waals surface area (Å²) in [5, 5.41) is 6.67. The number of amides is 1. The molecule has 1 aromatic rings. The lowest BCUT2D eigenvalue weighted by molar-refractivity contribution is -0.116. The van der Waals surface area contributed by atoms with Gasteiger partial charge in [-0.05, 0) is 65.0 Å². The molecule has 140 valence electrons. The van der Waals surface area contributed by atoms with Crippen molar-refractivity contribution in [1.82, 2.24) is 0 Å². The molecule has 1 aromatic carbocycles. The van der Waals surface area contributed by atoms with E-state index >= 15 is 0 Å². The van der Waals surface area contributed by atoms with Gasteiger partial charge in [0.05, 0.1) is 16.2 Å². The van der Waals surface area contributed by atoms with Gasteiger partial charge in [0.1, 0.15) is 4.32 Å². The Bertz CT molecular complexity index is 801. The monoisotopic (exact) mass is 548 g/mol. The van der Waals surface area contributed by atoms with Gasteiger partial charge in [0.25, 0.3) is 0 Å². The molecule has 0 heterocycles. The van der Waals surface area contributed by atoms with E-state index in [2.05, 4.69) is 58.3 Å². The molecule has 1 aliphatic rings. The second kappa shape index (κ2) is 8.35. The zero-order valence-electron chi connectivity index (χ0n) is 14.8. The first-order chi connectivity index (χ1) is 12.0. The number of benzene rings is 1. The van der Waals surface area contributed by atoms with Crippen molar-refractivity contribution in [3.63, 3.8) is 0 Å². The number of ketones is 1. The quantitative estimate of drug-likeness (QED) is 0.296. The number of aryl methyl sites for hydroxylation is 1. The van der Waals surface area contributed by atoms with Crippen LogP contribution in [-0.4, -0.2) is 26.7 Å². The second-order valence-corrected chi connectivity index (χ2v) is 9.94. The molecule has 0 spiro atoms. The van der Waals surface area contributed by atoms with Crippen molar-refractivity contribution in [2.75, 3.05) is 5.32 Å². The number of halogens is 3. The van der Waals surface area contributed by atoms with E-state index in [-0.39, 0.29) is 11.7 Å². The number of carbonyl (C=O) groups excluding carboxylic acids is 2. The molecule has 5 nitrogen and oxygen atoms in total. The van der Waals surface area contributed by atoms with Crippen LogP contribution in [-0.2, 0) is 9.63 Å². The standard InChI is InChI=1S/C18H19Br3N2O3/c1-9(2)11-8-14(24)18(4,21)16(20)15(11)23-26-17(25)22-13-6-5-10(3)7-12(13)19/h5-9,16H,1-4H3,(H,22,25). The summed E-state index contributed by atoms with van der Waals surface area (Å²) < 4.78 is -0.108. The highest BCUT2D eigenvalue weighted by Gasteiger charge is 2.45. The van der Waals surface area contributed by atoms with Gasteiger partial charge in [-0.3, -0.25) is 14.9 Å². The Kier molecular flexibility index (Phi) is 6.85. The van der Waals surface area contributed by atoms with Crippen LogP contribution in [0.3, 0.4) is 0 Å². The fourth-order valence-corrected chi connectivity index (χ4v) is 3.89. The van der Waals surface area contributed by atoms with Gasteiger partial charge < -0.3 is 0 Å². The molecule has 2 atom stereocenters. The van der Waals surface area contributed by atoms with Crippen LogP contribution in [0, 0.1) is 12.8 Å². The molecule has 1 amide bonds. The molecule has 2 unspecified atom stereocenters. The lowest BCUT2D eigenvalue weighted by Crippen LogP contribution is -2.46. The minimum Gasteiger partial charge on any atom is -0.297 e. The number of alkyl halides is 2. The van der Waals surface area contributed by atoms with Gasteiger partial charge in [0.15, 0.2) is 5.78 Å². The Hall–Kier alpha value is -0.990. The number of nitrogens with zero attached hydrogens (tertiary/aromatic N) is 1. The first kappa shape index (κ1) is 21.3. The number of hydrogen-bond donors (Lipinski definition) is 1. The molecule has 0 saturated heterocycles. The summed E-state index contributed by atoms with van der Waals surface area (Å²) in [7, 11) is 0. The Balaban J connectivity index is 2.22. The maximum Gasteiger partial charge on any atom is 0.437 e. The Morgan fingerprint density at radius 1 is 1.38 bits per heavy atom. The number of rotatable bonds is 3. The van der Waals surface area contributed by atoms with Gasteiger partial charge in [-0.25, -0.2) is 4.79 Å². The molecule has 0 aromatic heterocycles. The summed E-state index contributed by atoms with van der Waals surface area (Å²) in [5.74, 6) is -0.00526. The van der Waals surface area contributed by atoms with E-state index < -0.39 is 15.2 Å². The first-order valence-corrected chi connectivity index (χ1v) is 10.5. The molecule has 0 saturated carbocycles. The maximum atomic E-state index is 12.3. The fraction of sp³-hybridized carbons (Fsp3) is 0.389. The molecule has 2 rings (SSSR count). The van der Waals surface area contributed by atoms with Crippen LogP contribution in [0.4, 0.5) is 10.5 Å². The van der Waals surface area contributed by atoms with Gasteiger partial charge in [0, 0.05) is 4.47 Å². The smallest absolute Gasteiger partial charge is 0.297 e. The summed E-state index contributed by atoms with van der Waals surface area (Å²) in [6.45, 7) is 7.61. The lowest BCUT2D eigenvalue weighted by Gasteiger charge is -2.33. The average molecular weight is 551 g/mol. The molecular formula is C18H19Br3N2O3. The van der Waals surface area contributed by atoms with Crippen molar-refractivity contribution in [2.45, 2.75) is 36.8 Å². The van der Waals surface area contributed by atoms with E-state index in [4.69, 9.17) is 4.84 Å². The zero-order chi connectivity index (χ0) is 19.6. The van der Waals surface area contributed by atoms with Gasteiger partial charge in [-0.1, -0.05) is 56.9 Å². The van der Waals surface area contributed by atoms with Crippen molar-refractivity contribution < 1.29 is 14.4 Å². The third-order valence-electron chi connectivity index (χ3n) is 3.99. The van der Waals surface area contributed by atoms with Gasteiger partial charge in [-0.15, -0.1) is 0 Å². The third kappa shape index (κ3) is 4.64. The molecule has 0 aliphatic heterocycles.